The number of allylic oxidation sites excluding steroid dienone is 1. The maximum absolute atomic E-state index is 11.8. The van der Waals surface area contributed by atoms with Crippen molar-refractivity contribution in [3.8, 4) is 0 Å². The number of carbonyl (C=O) groups excluding carboxylic acids is 2. The minimum absolute atomic E-state index is 0.259. The molecule has 21 heavy (non-hydrogen) atoms. The predicted octanol–water partition coefficient (Wildman–Crippen LogP) is 3.22. The lowest BCUT2D eigenvalue weighted by Gasteiger charge is -2.13. The Kier molecular flexibility index (Phi) is 7.87. The van der Waals surface area contributed by atoms with Gasteiger partial charge in [0.1, 0.15) is 0 Å². The van der Waals surface area contributed by atoms with E-state index in [0.29, 0.717) is 12.8 Å². The molecular formula is C17H22O4. The van der Waals surface area contributed by atoms with Crippen molar-refractivity contribution in [2.24, 2.45) is 5.92 Å². The zero-order chi connectivity index (χ0) is 15.5. The van der Waals surface area contributed by atoms with Gasteiger partial charge in [-0.25, -0.2) is 0 Å². The zero-order valence-corrected chi connectivity index (χ0v) is 12.6. The molecule has 0 fully saturated rings. The molecule has 0 saturated heterocycles. The second kappa shape index (κ2) is 9.75. The topological polar surface area (TPSA) is 52.6 Å². The second-order valence-electron chi connectivity index (χ2n) is 4.45. The van der Waals surface area contributed by atoms with Gasteiger partial charge in [-0.05, 0) is 32.3 Å². The summed E-state index contributed by atoms with van der Waals surface area (Å²) in [4.78, 5) is 23.6. The van der Waals surface area contributed by atoms with Crippen LogP contribution in [0.3, 0.4) is 0 Å². The Morgan fingerprint density at radius 2 is 1.62 bits per heavy atom. The molecule has 0 unspecified atom stereocenters. The van der Waals surface area contributed by atoms with Crippen molar-refractivity contribution in [3.05, 3.63) is 42.0 Å². The number of hydrogen-bond acceptors (Lipinski definition) is 4. The Bertz CT molecular complexity index is 447. The maximum Gasteiger partial charge on any atom is 0.320 e. The van der Waals surface area contributed by atoms with Crippen LogP contribution in [0.25, 0.3) is 6.08 Å². The van der Waals surface area contributed by atoms with Crippen LogP contribution in [0.1, 0.15) is 32.3 Å². The molecule has 0 amide bonds. The minimum atomic E-state index is -0.842. The first kappa shape index (κ1) is 17.0. The molecular weight excluding hydrogens is 268 g/mol. The van der Waals surface area contributed by atoms with Crippen molar-refractivity contribution in [1.82, 2.24) is 0 Å². The van der Waals surface area contributed by atoms with Gasteiger partial charge in [-0.2, -0.15) is 0 Å². The first-order valence-corrected chi connectivity index (χ1v) is 7.23. The molecule has 114 valence electrons. The number of ether oxygens (including phenoxy) is 2. The summed E-state index contributed by atoms with van der Waals surface area (Å²) in [7, 11) is 0. The molecule has 0 spiro atoms. The van der Waals surface area contributed by atoms with Crippen LogP contribution in [0.2, 0.25) is 0 Å². The third-order valence-corrected chi connectivity index (χ3v) is 2.87. The highest BCUT2D eigenvalue weighted by molar-refractivity contribution is 5.94. The van der Waals surface area contributed by atoms with Gasteiger partial charge in [0.05, 0.1) is 13.2 Å². The predicted molar refractivity (Wildman–Crippen MR) is 81.5 cm³/mol. The van der Waals surface area contributed by atoms with Gasteiger partial charge >= 0.3 is 11.9 Å². The van der Waals surface area contributed by atoms with Gasteiger partial charge in [0.25, 0.3) is 0 Å². The normalized spacial score (nSPS) is 10.8. The number of rotatable bonds is 8. The Hall–Kier alpha value is -2.10. The molecule has 0 radical (unpaired) electrons. The third-order valence-electron chi connectivity index (χ3n) is 2.87. The summed E-state index contributed by atoms with van der Waals surface area (Å²) in [6.07, 6.45) is 4.91. The van der Waals surface area contributed by atoms with Crippen LogP contribution < -0.4 is 0 Å². The van der Waals surface area contributed by atoms with E-state index in [2.05, 4.69) is 0 Å². The third kappa shape index (κ3) is 6.25. The van der Waals surface area contributed by atoms with Crippen LogP contribution in [0.4, 0.5) is 0 Å². The molecule has 0 aliphatic carbocycles. The summed E-state index contributed by atoms with van der Waals surface area (Å²) in [6, 6.07) is 9.85. The molecule has 4 nitrogen and oxygen atoms in total. The lowest BCUT2D eigenvalue weighted by atomic mass is 10.0. The summed E-state index contributed by atoms with van der Waals surface area (Å²) < 4.78 is 9.85. The van der Waals surface area contributed by atoms with Crippen molar-refractivity contribution in [2.45, 2.75) is 26.7 Å². The van der Waals surface area contributed by atoms with Gasteiger partial charge in [-0.3, -0.25) is 9.59 Å². The minimum Gasteiger partial charge on any atom is -0.465 e. The Balaban J connectivity index is 2.54. The van der Waals surface area contributed by atoms with E-state index in [1.54, 1.807) is 13.8 Å². The summed E-state index contributed by atoms with van der Waals surface area (Å²) in [5.74, 6) is -1.86. The molecule has 1 aromatic carbocycles. The van der Waals surface area contributed by atoms with Crippen molar-refractivity contribution in [3.63, 3.8) is 0 Å². The Morgan fingerprint density at radius 1 is 1.05 bits per heavy atom. The molecule has 0 aromatic heterocycles. The fourth-order valence-electron chi connectivity index (χ4n) is 1.86. The smallest absolute Gasteiger partial charge is 0.320 e. The van der Waals surface area contributed by atoms with Crippen LogP contribution in [0.15, 0.2) is 36.4 Å². The molecule has 4 heteroatoms. The van der Waals surface area contributed by atoms with E-state index < -0.39 is 17.9 Å². The molecule has 0 atom stereocenters. The van der Waals surface area contributed by atoms with Crippen LogP contribution in [0, 0.1) is 5.92 Å². The SMILES string of the molecule is CCOC(=O)C(CCC=Cc1ccccc1)C(=O)OCC. The van der Waals surface area contributed by atoms with E-state index in [9.17, 15) is 9.59 Å². The van der Waals surface area contributed by atoms with Gasteiger partial charge in [-0.1, -0.05) is 42.5 Å². The number of esters is 2. The van der Waals surface area contributed by atoms with Gasteiger partial charge in [0, 0.05) is 0 Å². The molecule has 0 aliphatic heterocycles. The highest BCUT2D eigenvalue weighted by Crippen LogP contribution is 2.13. The quantitative estimate of drug-likeness (QED) is 0.545. The van der Waals surface area contributed by atoms with E-state index in [1.807, 2.05) is 42.5 Å². The first-order chi connectivity index (χ1) is 10.2. The van der Waals surface area contributed by atoms with Crippen LogP contribution >= 0.6 is 0 Å². The monoisotopic (exact) mass is 290 g/mol. The average Bonchev–Trinajstić information content (AvgIpc) is 2.48. The summed E-state index contributed by atoms with van der Waals surface area (Å²) in [5, 5.41) is 0. The summed E-state index contributed by atoms with van der Waals surface area (Å²) >= 11 is 0. The largest absolute Gasteiger partial charge is 0.465 e. The molecule has 0 bridgehead atoms. The highest BCUT2D eigenvalue weighted by Gasteiger charge is 2.28. The molecule has 0 aliphatic rings. The van der Waals surface area contributed by atoms with Crippen molar-refractivity contribution < 1.29 is 19.1 Å². The Labute approximate surface area is 125 Å². The van der Waals surface area contributed by atoms with E-state index >= 15 is 0 Å². The van der Waals surface area contributed by atoms with Gasteiger partial charge in [-0.15, -0.1) is 0 Å². The summed E-state index contributed by atoms with van der Waals surface area (Å²) in [6.45, 7) is 3.95. The fourth-order valence-corrected chi connectivity index (χ4v) is 1.86. The first-order valence-electron chi connectivity index (χ1n) is 7.23. The van der Waals surface area contributed by atoms with Crippen LogP contribution in [-0.4, -0.2) is 25.2 Å². The maximum atomic E-state index is 11.8. The van der Waals surface area contributed by atoms with Gasteiger partial charge in [0.2, 0.25) is 0 Å². The standard InChI is InChI=1S/C17H22O4/c1-3-20-16(18)15(17(19)21-4-2)13-9-8-12-14-10-6-5-7-11-14/h5-8,10-12,15H,3-4,9,13H2,1-2H3. The van der Waals surface area contributed by atoms with Gasteiger partial charge < -0.3 is 9.47 Å². The van der Waals surface area contributed by atoms with Crippen molar-refractivity contribution >= 4 is 18.0 Å². The van der Waals surface area contributed by atoms with E-state index in [-0.39, 0.29) is 13.2 Å². The average molecular weight is 290 g/mol. The lowest BCUT2D eigenvalue weighted by molar-refractivity contribution is -0.161. The van der Waals surface area contributed by atoms with E-state index in [1.165, 1.54) is 0 Å². The fraction of sp³-hybridized carbons (Fsp3) is 0.412. The number of carbonyl (C=O) groups is 2. The van der Waals surface area contributed by atoms with Crippen molar-refractivity contribution in [2.75, 3.05) is 13.2 Å². The molecule has 0 N–H and O–H groups in total. The number of hydrogen-bond donors (Lipinski definition) is 0. The van der Waals surface area contributed by atoms with Crippen molar-refractivity contribution in [1.29, 1.82) is 0 Å². The van der Waals surface area contributed by atoms with Gasteiger partial charge in [0.15, 0.2) is 5.92 Å². The molecule has 0 saturated carbocycles. The lowest BCUT2D eigenvalue weighted by Crippen LogP contribution is -2.28. The van der Waals surface area contributed by atoms with Crippen LogP contribution in [0.5, 0.6) is 0 Å². The van der Waals surface area contributed by atoms with E-state index in [0.717, 1.165) is 5.56 Å². The summed E-state index contributed by atoms with van der Waals surface area (Å²) in [5.41, 5.74) is 1.08. The highest BCUT2D eigenvalue weighted by atomic mass is 16.6. The molecule has 0 heterocycles. The van der Waals surface area contributed by atoms with E-state index in [4.69, 9.17) is 9.47 Å². The second-order valence-corrected chi connectivity index (χ2v) is 4.45. The number of benzene rings is 1. The Morgan fingerprint density at radius 3 is 2.14 bits per heavy atom. The molecule has 1 rings (SSSR count). The van der Waals surface area contributed by atoms with Crippen LogP contribution in [-0.2, 0) is 19.1 Å². The zero-order valence-electron chi connectivity index (χ0n) is 12.6. The molecule has 1 aromatic rings.